The molecule has 2 N–H and O–H groups in total. The Kier molecular flexibility index (Phi) is 5.26. The molecule has 1 aliphatic heterocycles. The van der Waals surface area contributed by atoms with Gasteiger partial charge in [-0.1, -0.05) is 36.4 Å². The third-order valence-electron chi connectivity index (χ3n) is 5.92. The first kappa shape index (κ1) is 21.0. The predicted octanol–water partition coefficient (Wildman–Crippen LogP) is 2.70. The van der Waals surface area contributed by atoms with Crippen LogP contribution in [0.25, 0.3) is 21.3 Å². The van der Waals surface area contributed by atoms with E-state index >= 15 is 0 Å². The number of carbonyl (C=O) groups excluding carboxylic acids is 2. The summed E-state index contributed by atoms with van der Waals surface area (Å²) in [5.41, 5.74) is 8.47. The Balaban J connectivity index is 1.49. The lowest BCUT2D eigenvalue weighted by Gasteiger charge is -2.35. The molecule has 5 rings (SSSR count). The van der Waals surface area contributed by atoms with Gasteiger partial charge in [0.05, 0.1) is 11.7 Å². The zero-order valence-electron chi connectivity index (χ0n) is 17.4. The molecule has 33 heavy (non-hydrogen) atoms. The molecule has 4 aromatic rings. The molecule has 0 spiro atoms. The predicted molar refractivity (Wildman–Crippen MR) is 123 cm³/mol. The summed E-state index contributed by atoms with van der Waals surface area (Å²) in [6.45, 7) is -0.0290. The minimum atomic E-state index is -0.782. The van der Waals surface area contributed by atoms with Crippen LogP contribution in [0.15, 0.2) is 65.0 Å². The fourth-order valence-corrected chi connectivity index (χ4v) is 5.10. The summed E-state index contributed by atoms with van der Waals surface area (Å²) in [7, 11) is 0. The molecule has 0 saturated heterocycles. The van der Waals surface area contributed by atoms with Crippen molar-refractivity contribution in [1.82, 2.24) is 14.5 Å². The smallest absolute Gasteiger partial charge is 0.263 e. The Morgan fingerprint density at radius 1 is 1.12 bits per heavy atom. The van der Waals surface area contributed by atoms with Gasteiger partial charge < -0.3 is 10.6 Å². The molecule has 2 amide bonds. The SMILES string of the molecule is NC(=O)[C@@H]1Cc2ccccc2CN1C(=O)Cn1cnc2scc(-c3ccc(F)cc3)c2c1=O. The van der Waals surface area contributed by atoms with Gasteiger partial charge >= 0.3 is 0 Å². The van der Waals surface area contributed by atoms with E-state index in [1.54, 1.807) is 17.5 Å². The van der Waals surface area contributed by atoms with Crippen LogP contribution in [-0.4, -0.2) is 32.3 Å². The van der Waals surface area contributed by atoms with Crippen molar-refractivity contribution in [2.45, 2.75) is 25.6 Å². The summed E-state index contributed by atoms with van der Waals surface area (Å²) in [6, 6.07) is 12.7. The molecule has 9 heteroatoms. The largest absolute Gasteiger partial charge is 0.368 e. The normalized spacial score (nSPS) is 15.4. The Morgan fingerprint density at radius 3 is 2.58 bits per heavy atom. The van der Waals surface area contributed by atoms with Crippen molar-refractivity contribution in [3.05, 3.63) is 87.5 Å². The quantitative estimate of drug-likeness (QED) is 0.504. The van der Waals surface area contributed by atoms with Gasteiger partial charge in [0.25, 0.3) is 5.56 Å². The zero-order chi connectivity index (χ0) is 23.1. The van der Waals surface area contributed by atoms with Crippen LogP contribution in [0.3, 0.4) is 0 Å². The molecule has 7 nitrogen and oxygen atoms in total. The average Bonchev–Trinajstić information content (AvgIpc) is 3.25. The monoisotopic (exact) mass is 462 g/mol. The van der Waals surface area contributed by atoms with E-state index in [2.05, 4.69) is 4.98 Å². The van der Waals surface area contributed by atoms with Gasteiger partial charge in [0.15, 0.2) is 0 Å². The molecule has 0 saturated carbocycles. The van der Waals surface area contributed by atoms with E-state index in [1.807, 2.05) is 24.3 Å². The van der Waals surface area contributed by atoms with Crippen LogP contribution in [0.4, 0.5) is 4.39 Å². The van der Waals surface area contributed by atoms with Crippen LogP contribution in [-0.2, 0) is 29.1 Å². The highest BCUT2D eigenvalue weighted by Gasteiger charge is 2.33. The second-order valence-electron chi connectivity index (χ2n) is 7.93. The van der Waals surface area contributed by atoms with E-state index in [4.69, 9.17) is 5.73 Å². The van der Waals surface area contributed by atoms with E-state index in [0.717, 1.165) is 11.1 Å². The summed E-state index contributed by atoms with van der Waals surface area (Å²) < 4.78 is 14.6. The van der Waals surface area contributed by atoms with Crippen molar-refractivity contribution < 1.29 is 14.0 Å². The van der Waals surface area contributed by atoms with E-state index < -0.39 is 17.9 Å². The van der Waals surface area contributed by atoms with Crippen molar-refractivity contribution in [3.8, 4) is 11.1 Å². The first-order valence-electron chi connectivity index (χ1n) is 10.3. The fraction of sp³-hybridized carbons (Fsp3) is 0.167. The van der Waals surface area contributed by atoms with Crippen molar-refractivity contribution >= 4 is 33.4 Å². The van der Waals surface area contributed by atoms with Gasteiger partial charge in [-0.15, -0.1) is 11.3 Å². The summed E-state index contributed by atoms with van der Waals surface area (Å²) in [4.78, 5) is 44.9. The average molecular weight is 463 g/mol. The van der Waals surface area contributed by atoms with E-state index in [9.17, 15) is 18.8 Å². The van der Waals surface area contributed by atoms with Gasteiger partial charge in [0.2, 0.25) is 11.8 Å². The molecule has 0 bridgehead atoms. The number of primary amides is 1. The standard InChI is InChI=1S/C24H19FN4O3S/c25-17-7-5-14(6-8-17)18-12-33-23-21(18)24(32)28(13-27-23)11-20(30)29-10-16-4-2-1-3-15(16)9-19(29)22(26)31/h1-8,12-13,19H,9-11H2,(H2,26,31)/t19-/m0/s1. The number of nitrogens with two attached hydrogens (primary N) is 1. The van der Waals surface area contributed by atoms with Crippen molar-refractivity contribution in [2.75, 3.05) is 0 Å². The highest BCUT2D eigenvalue weighted by molar-refractivity contribution is 7.17. The summed E-state index contributed by atoms with van der Waals surface area (Å²) in [5, 5.41) is 2.17. The van der Waals surface area contributed by atoms with Crippen LogP contribution in [0.5, 0.6) is 0 Å². The van der Waals surface area contributed by atoms with Crippen LogP contribution in [0.1, 0.15) is 11.1 Å². The lowest BCUT2D eigenvalue weighted by atomic mass is 9.93. The number of fused-ring (bicyclic) bond motifs is 2. The van der Waals surface area contributed by atoms with Crippen LogP contribution in [0.2, 0.25) is 0 Å². The van der Waals surface area contributed by atoms with Gasteiger partial charge in [-0.2, -0.15) is 0 Å². The minimum Gasteiger partial charge on any atom is -0.368 e. The number of amides is 2. The summed E-state index contributed by atoms with van der Waals surface area (Å²) in [5.74, 6) is -1.35. The third-order valence-corrected chi connectivity index (χ3v) is 6.81. The Morgan fingerprint density at radius 2 is 1.85 bits per heavy atom. The van der Waals surface area contributed by atoms with Crippen LogP contribution < -0.4 is 11.3 Å². The molecule has 0 radical (unpaired) electrons. The summed E-state index contributed by atoms with van der Waals surface area (Å²) in [6.07, 6.45) is 1.67. The first-order chi connectivity index (χ1) is 15.9. The van der Waals surface area contributed by atoms with Crippen molar-refractivity contribution in [1.29, 1.82) is 0 Å². The maximum Gasteiger partial charge on any atom is 0.263 e. The number of benzene rings is 2. The minimum absolute atomic E-state index is 0.242. The summed E-state index contributed by atoms with van der Waals surface area (Å²) >= 11 is 1.30. The van der Waals surface area contributed by atoms with Crippen molar-refractivity contribution in [3.63, 3.8) is 0 Å². The molecule has 166 valence electrons. The lowest BCUT2D eigenvalue weighted by Crippen LogP contribution is -2.52. The molecule has 2 aromatic carbocycles. The third kappa shape index (κ3) is 3.80. The van der Waals surface area contributed by atoms with E-state index in [1.165, 1.54) is 39.3 Å². The number of nitrogens with zero attached hydrogens (tertiary/aromatic N) is 3. The van der Waals surface area contributed by atoms with Gasteiger partial charge in [-0.05, 0) is 28.8 Å². The Hall–Kier alpha value is -3.85. The molecule has 3 heterocycles. The number of hydrogen-bond acceptors (Lipinski definition) is 5. The van der Waals surface area contributed by atoms with E-state index in [-0.39, 0.29) is 24.5 Å². The topological polar surface area (TPSA) is 98.3 Å². The molecule has 0 fully saturated rings. The van der Waals surface area contributed by atoms with Crippen LogP contribution in [0, 0.1) is 5.82 Å². The van der Waals surface area contributed by atoms with Crippen molar-refractivity contribution in [2.24, 2.45) is 5.73 Å². The molecule has 2 aromatic heterocycles. The first-order valence-corrected chi connectivity index (χ1v) is 11.2. The van der Waals surface area contributed by atoms with Gasteiger partial charge in [-0.3, -0.25) is 19.0 Å². The molecule has 1 atom stereocenters. The molecular weight excluding hydrogens is 443 g/mol. The number of rotatable bonds is 4. The highest BCUT2D eigenvalue weighted by Crippen LogP contribution is 2.30. The number of aromatic nitrogens is 2. The molecular formula is C24H19FN4O3S. The van der Waals surface area contributed by atoms with Gasteiger partial charge in [0.1, 0.15) is 23.2 Å². The second-order valence-corrected chi connectivity index (χ2v) is 8.78. The molecule has 1 aliphatic rings. The Labute approximate surface area is 191 Å². The van der Waals surface area contributed by atoms with Gasteiger partial charge in [-0.25, -0.2) is 9.37 Å². The zero-order valence-corrected chi connectivity index (χ0v) is 18.2. The second kappa shape index (κ2) is 8.25. The maximum atomic E-state index is 13.3. The maximum absolute atomic E-state index is 13.3. The van der Waals surface area contributed by atoms with E-state index in [0.29, 0.717) is 27.8 Å². The van der Waals surface area contributed by atoms with Crippen LogP contribution >= 0.6 is 11.3 Å². The number of halogens is 1. The number of thiophene rings is 1. The molecule has 0 unspecified atom stereocenters. The molecule has 0 aliphatic carbocycles. The highest BCUT2D eigenvalue weighted by atomic mass is 32.1. The Bertz CT molecular complexity index is 1440. The number of carbonyl (C=O) groups is 2. The number of hydrogen-bond donors (Lipinski definition) is 1. The fourth-order valence-electron chi connectivity index (χ4n) is 4.20. The van der Waals surface area contributed by atoms with Gasteiger partial charge in [0, 0.05) is 23.9 Å². The lowest BCUT2D eigenvalue weighted by molar-refractivity contribution is -0.141.